The Morgan fingerprint density at radius 2 is 1.95 bits per heavy atom. The molecular formula is C27H32FN11O4. The fourth-order valence-electron chi connectivity index (χ4n) is 5.20. The molecule has 1 aliphatic heterocycles. The Kier molecular flexibility index (Phi) is 7.69. The summed E-state index contributed by atoms with van der Waals surface area (Å²) >= 11 is 0. The van der Waals surface area contributed by atoms with Crippen molar-refractivity contribution in [2.24, 2.45) is 12.8 Å². The number of nitrogens with zero attached hydrogens (tertiary/aromatic N) is 8. The van der Waals surface area contributed by atoms with Crippen LogP contribution in [0.1, 0.15) is 0 Å². The molecule has 5 N–H and O–H groups in total. The van der Waals surface area contributed by atoms with Gasteiger partial charge in [0.15, 0.2) is 23.7 Å². The first-order chi connectivity index (χ1) is 20.8. The molecule has 5 heterocycles. The molecule has 0 unspecified atom stereocenters. The predicted molar refractivity (Wildman–Crippen MR) is 156 cm³/mol. The molecule has 16 heteroatoms. The van der Waals surface area contributed by atoms with Crippen molar-refractivity contribution < 1.29 is 18.3 Å². The van der Waals surface area contributed by atoms with Crippen LogP contribution in [0.5, 0.6) is 5.75 Å². The number of aryl methyl sites for hydroxylation is 1. The van der Waals surface area contributed by atoms with Gasteiger partial charge < -0.3 is 30.8 Å². The Morgan fingerprint density at radius 1 is 1.14 bits per heavy atom. The zero-order valence-corrected chi connectivity index (χ0v) is 23.6. The van der Waals surface area contributed by atoms with Crippen molar-refractivity contribution in [2.75, 3.05) is 63.1 Å². The third-order valence-corrected chi connectivity index (χ3v) is 7.43. The first-order valence-electron chi connectivity index (χ1n) is 13.9. The predicted octanol–water partition coefficient (Wildman–Crippen LogP) is 0.0349. The van der Waals surface area contributed by atoms with Gasteiger partial charge >= 0.3 is 5.69 Å². The summed E-state index contributed by atoms with van der Waals surface area (Å²) in [6.07, 6.45) is 1.53. The van der Waals surface area contributed by atoms with Crippen LogP contribution >= 0.6 is 0 Å². The number of benzene rings is 1. The minimum atomic E-state index is -0.422. The third kappa shape index (κ3) is 5.49. The summed E-state index contributed by atoms with van der Waals surface area (Å²) in [7, 11) is 1.67. The number of hydrogen-bond acceptors (Lipinski definition) is 11. The van der Waals surface area contributed by atoms with Crippen molar-refractivity contribution in [3.05, 3.63) is 52.9 Å². The molecule has 6 rings (SSSR count). The quantitative estimate of drug-likeness (QED) is 0.199. The Hall–Kier alpha value is -4.96. The average Bonchev–Trinajstić information content (AvgIpc) is 3.74. The summed E-state index contributed by atoms with van der Waals surface area (Å²) in [6, 6.07) is 8.07. The van der Waals surface area contributed by atoms with E-state index in [-0.39, 0.29) is 29.9 Å². The molecule has 0 radical (unpaired) electrons. The Labute approximate surface area is 244 Å². The monoisotopic (exact) mass is 593 g/mol. The summed E-state index contributed by atoms with van der Waals surface area (Å²) in [4.78, 5) is 38.2. The highest BCUT2D eigenvalue weighted by Gasteiger charge is 2.24. The van der Waals surface area contributed by atoms with E-state index in [0.717, 1.165) is 0 Å². The van der Waals surface area contributed by atoms with E-state index in [1.807, 2.05) is 4.90 Å². The summed E-state index contributed by atoms with van der Waals surface area (Å²) in [5.74, 6) is 0.462. The van der Waals surface area contributed by atoms with Crippen LogP contribution in [-0.2, 0) is 18.4 Å². The largest absolute Gasteiger partial charge is 0.484 e. The van der Waals surface area contributed by atoms with Gasteiger partial charge in [0, 0.05) is 65.5 Å². The smallest absolute Gasteiger partial charge is 0.330 e. The van der Waals surface area contributed by atoms with E-state index in [9.17, 15) is 14.0 Å². The number of ether oxygens (including phenoxy) is 1. The molecule has 15 nitrogen and oxygen atoms in total. The second-order valence-electron chi connectivity index (χ2n) is 10.2. The number of nitrogens with two attached hydrogens (primary N) is 2. The van der Waals surface area contributed by atoms with Crippen LogP contribution in [-0.4, -0.2) is 91.9 Å². The highest BCUT2D eigenvalue weighted by Crippen LogP contribution is 2.26. The second kappa shape index (κ2) is 11.7. The molecule has 1 fully saturated rings. The Bertz CT molecular complexity index is 1820. The van der Waals surface area contributed by atoms with E-state index in [2.05, 4.69) is 25.3 Å². The molecular weight excluding hydrogens is 561 g/mol. The highest BCUT2D eigenvalue weighted by molar-refractivity contribution is 5.88. The van der Waals surface area contributed by atoms with Gasteiger partial charge in [-0.05, 0) is 24.3 Å². The fourth-order valence-corrected chi connectivity index (χ4v) is 5.20. The van der Waals surface area contributed by atoms with Crippen molar-refractivity contribution in [3.63, 3.8) is 0 Å². The lowest BCUT2D eigenvalue weighted by molar-refractivity contribution is -0.123. The number of nitrogens with one attached hydrogen (secondary N) is 1. The van der Waals surface area contributed by atoms with Crippen molar-refractivity contribution >= 4 is 34.4 Å². The highest BCUT2D eigenvalue weighted by atomic mass is 19.1. The van der Waals surface area contributed by atoms with Gasteiger partial charge in [-0.3, -0.25) is 18.8 Å². The maximum Gasteiger partial charge on any atom is 0.330 e. The average molecular weight is 594 g/mol. The molecule has 1 saturated heterocycles. The SMILES string of the molecule is Cn1c(=O)n(CCN2CCN(c3ccc(OCC(=O)NCCN)cc3F)CC2)c2nc(N)n3nc(-c4ccco4)nc3c21. The van der Waals surface area contributed by atoms with E-state index in [1.54, 1.807) is 35.9 Å². The van der Waals surface area contributed by atoms with Crippen molar-refractivity contribution in [1.29, 1.82) is 0 Å². The van der Waals surface area contributed by atoms with E-state index in [0.29, 0.717) is 86.4 Å². The van der Waals surface area contributed by atoms with Gasteiger partial charge in [0.2, 0.25) is 11.8 Å². The molecule has 4 aromatic heterocycles. The minimum Gasteiger partial charge on any atom is -0.484 e. The third-order valence-electron chi connectivity index (χ3n) is 7.43. The Balaban J connectivity index is 1.11. The first-order valence-corrected chi connectivity index (χ1v) is 13.9. The van der Waals surface area contributed by atoms with Gasteiger partial charge in [0.25, 0.3) is 5.91 Å². The summed E-state index contributed by atoms with van der Waals surface area (Å²) in [5.41, 5.74) is 13.2. The van der Waals surface area contributed by atoms with Gasteiger partial charge in [-0.2, -0.15) is 9.50 Å². The number of fused-ring (bicyclic) bond motifs is 3. The number of halogens is 1. The van der Waals surface area contributed by atoms with Crippen LogP contribution < -0.4 is 32.1 Å². The lowest BCUT2D eigenvalue weighted by Gasteiger charge is -2.36. The molecule has 226 valence electrons. The van der Waals surface area contributed by atoms with Crippen molar-refractivity contribution in [2.45, 2.75) is 6.54 Å². The number of amides is 1. The maximum absolute atomic E-state index is 14.9. The van der Waals surface area contributed by atoms with Crippen LogP contribution in [0.2, 0.25) is 0 Å². The maximum atomic E-state index is 14.9. The molecule has 43 heavy (non-hydrogen) atoms. The molecule has 0 aliphatic carbocycles. The van der Waals surface area contributed by atoms with Crippen LogP contribution in [0.15, 0.2) is 45.8 Å². The van der Waals surface area contributed by atoms with Crippen LogP contribution in [0.3, 0.4) is 0 Å². The standard InChI is InChI=1S/C27H32FN11O4/c1-35-22-24(33-26(30)39-25(22)32-23(34-39)20-3-2-14-42-20)38(27(35)41)13-10-36-8-11-37(12-9-36)19-5-4-17(15-18(19)28)43-16-21(40)31-7-6-29/h2-5,14-15H,6-13,16,29H2,1H3,(H2,30,33)(H,31,40). The van der Waals surface area contributed by atoms with Crippen LogP contribution in [0, 0.1) is 5.82 Å². The Morgan fingerprint density at radius 3 is 2.67 bits per heavy atom. The molecule has 1 aliphatic rings. The number of piperazine rings is 1. The number of furan rings is 1. The zero-order chi connectivity index (χ0) is 30.1. The fraction of sp³-hybridized carbons (Fsp3) is 0.370. The van der Waals surface area contributed by atoms with E-state index in [4.69, 9.17) is 20.6 Å². The second-order valence-corrected chi connectivity index (χ2v) is 10.2. The normalized spacial score (nSPS) is 14.2. The molecule has 1 amide bonds. The molecule has 0 saturated carbocycles. The number of anilines is 2. The number of rotatable bonds is 10. The lowest BCUT2D eigenvalue weighted by atomic mass is 10.2. The molecule has 0 atom stereocenters. The molecule has 5 aromatic rings. The van der Waals surface area contributed by atoms with Gasteiger partial charge in [0.1, 0.15) is 17.1 Å². The number of carbonyl (C=O) groups is 1. The zero-order valence-electron chi connectivity index (χ0n) is 23.6. The van der Waals surface area contributed by atoms with E-state index >= 15 is 0 Å². The molecule has 1 aromatic carbocycles. The van der Waals surface area contributed by atoms with Gasteiger partial charge in [-0.1, -0.05) is 0 Å². The van der Waals surface area contributed by atoms with E-state index < -0.39 is 5.82 Å². The topological polar surface area (TPSA) is 180 Å². The number of carbonyl (C=O) groups excluding carboxylic acids is 1. The summed E-state index contributed by atoms with van der Waals surface area (Å²) < 4.78 is 30.2. The number of nitrogen functional groups attached to an aromatic ring is 1. The van der Waals surface area contributed by atoms with Crippen LogP contribution in [0.4, 0.5) is 16.0 Å². The van der Waals surface area contributed by atoms with Gasteiger partial charge in [-0.15, -0.1) is 5.10 Å². The number of hydrogen-bond donors (Lipinski definition) is 3. The van der Waals surface area contributed by atoms with Gasteiger partial charge in [0.05, 0.1) is 12.0 Å². The molecule has 0 bridgehead atoms. The summed E-state index contributed by atoms with van der Waals surface area (Å²) in [5, 5.41) is 7.01. The van der Waals surface area contributed by atoms with Crippen LogP contribution in [0.25, 0.3) is 28.4 Å². The molecule has 0 spiro atoms. The lowest BCUT2D eigenvalue weighted by Crippen LogP contribution is -2.47. The number of aromatic nitrogens is 6. The first kappa shape index (κ1) is 28.2. The van der Waals surface area contributed by atoms with E-state index in [1.165, 1.54) is 21.4 Å². The minimum absolute atomic E-state index is 0.106. The summed E-state index contributed by atoms with van der Waals surface area (Å²) in [6.45, 7) is 4.00. The van der Waals surface area contributed by atoms with Gasteiger partial charge in [-0.25, -0.2) is 14.2 Å². The van der Waals surface area contributed by atoms with Crippen molar-refractivity contribution in [3.8, 4) is 17.3 Å². The number of imidazole rings is 1. The van der Waals surface area contributed by atoms with Crippen molar-refractivity contribution in [1.82, 2.24) is 38.9 Å².